The first-order valence-corrected chi connectivity index (χ1v) is 12.8. The number of benzene rings is 1. The highest BCUT2D eigenvalue weighted by molar-refractivity contribution is 6.33. The van der Waals surface area contributed by atoms with Crippen molar-refractivity contribution in [1.29, 1.82) is 0 Å². The lowest BCUT2D eigenvalue weighted by Gasteiger charge is -2.18. The smallest absolute Gasteiger partial charge is 0.263 e. The van der Waals surface area contributed by atoms with Crippen molar-refractivity contribution in [2.45, 2.75) is 18.8 Å². The van der Waals surface area contributed by atoms with E-state index >= 15 is 4.39 Å². The van der Waals surface area contributed by atoms with Crippen LogP contribution in [-0.2, 0) is 23.1 Å². The van der Waals surface area contributed by atoms with Crippen molar-refractivity contribution < 1.29 is 37.0 Å². The maximum atomic E-state index is 15.0. The minimum Gasteiger partial charge on any atom is -0.504 e. The van der Waals surface area contributed by atoms with Gasteiger partial charge in [-0.3, -0.25) is 14.4 Å². The lowest BCUT2D eigenvalue weighted by molar-refractivity contribution is -0.116. The second-order valence-corrected chi connectivity index (χ2v) is 10.1. The number of fused-ring (bicyclic) bond motifs is 1. The van der Waals surface area contributed by atoms with Crippen LogP contribution in [0.1, 0.15) is 10.4 Å². The molecule has 0 radical (unpaired) electrons. The molecule has 0 unspecified atom stereocenters. The number of anilines is 2. The zero-order valence-corrected chi connectivity index (χ0v) is 23.1. The second-order valence-electron chi connectivity index (χ2n) is 9.72. The third-order valence-electron chi connectivity index (χ3n) is 6.99. The minimum absolute atomic E-state index is 0.00616. The molecule has 5 rings (SSSR count). The van der Waals surface area contributed by atoms with Gasteiger partial charge in [-0.15, -0.1) is 0 Å². The van der Waals surface area contributed by atoms with E-state index in [2.05, 4.69) is 15.3 Å². The van der Waals surface area contributed by atoms with E-state index in [1.54, 1.807) is 0 Å². The van der Waals surface area contributed by atoms with E-state index in [4.69, 9.17) is 22.1 Å². The molecular weight excluding hydrogens is 602 g/mol. The first-order chi connectivity index (χ1) is 20.3. The summed E-state index contributed by atoms with van der Waals surface area (Å²) in [7, 11) is 2.69. The van der Waals surface area contributed by atoms with Crippen LogP contribution < -0.4 is 21.5 Å². The Morgan fingerprint density at radius 3 is 2.58 bits per heavy atom. The first-order valence-electron chi connectivity index (χ1n) is 12.5. The van der Waals surface area contributed by atoms with E-state index in [1.165, 1.54) is 25.1 Å². The summed E-state index contributed by atoms with van der Waals surface area (Å²) in [6.07, 6.45) is 0.135. The molecule has 2 atom stereocenters. The zero-order valence-electron chi connectivity index (χ0n) is 22.4. The number of carbonyl (C=O) groups is 2. The Balaban J connectivity index is 1.53. The summed E-state index contributed by atoms with van der Waals surface area (Å²) in [4.78, 5) is 47.2. The molecule has 1 aromatic carbocycles. The summed E-state index contributed by atoms with van der Waals surface area (Å²) in [6, 6.07) is 2.03. The van der Waals surface area contributed by atoms with Gasteiger partial charge in [-0.25, -0.2) is 18.7 Å². The Kier molecular flexibility index (Phi) is 7.74. The summed E-state index contributed by atoms with van der Waals surface area (Å²) in [5.74, 6) is -7.87. The summed E-state index contributed by atoms with van der Waals surface area (Å²) >= 11 is 6.04. The van der Waals surface area contributed by atoms with E-state index in [0.29, 0.717) is 0 Å². The molecule has 1 aliphatic heterocycles. The number of aromatic nitrogens is 4. The van der Waals surface area contributed by atoms with Crippen molar-refractivity contribution >= 4 is 46.0 Å². The van der Waals surface area contributed by atoms with Crippen molar-refractivity contribution in [3.05, 3.63) is 63.2 Å². The molecule has 12 nitrogen and oxygen atoms in total. The van der Waals surface area contributed by atoms with Gasteiger partial charge in [0.15, 0.2) is 11.6 Å². The molecule has 1 fully saturated rings. The van der Waals surface area contributed by atoms with Crippen LogP contribution in [-0.4, -0.2) is 68.5 Å². The Labute approximate surface area is 244 Å². The summed E-state index contributed by atoms with van der Waals surface area (Å²) in [6.45, 7) is -0.645. The third-order valence-corrected chi connectivity index (χ3v) is 7.35. The van der Waals surface area contributed by atoms with Crippen LogP contribution in [0.4, 0.5) is 29.1 Å². The average Bonchev–Trinajstić information content (AvgIpc) is 3.51. The number of ether oxygens (including phenoxy) is 1. The number of nitrogens with zero attached hydrogens (tertiary/aromatic N) is 5. The van der Waals surface area contributed by atoms with Crippen molar-refractivity contribution in [2.24, 2.45) is 12.8 Å². The summed E-state index contributed by atoms with van der Waals surface area (Å²) in [5.41, 5.74) is 2.57. The Hall–Kier alpha value is -4.70. The fourth-order valence-electron chi connectivity index (χ4n) is 4.82. The van der Waals surface area contributed by atoms with Gasteiger partial charge in [-0.1, -0.05) is 11.6 Å². The molecule has 1 saturated heterocycles. The topological polar surface area (TPSA) is 158 Å². The van der Waals surface area contributed by atoms with Crippen molar-refractivity contribution in [3.8, 4) is 16.9 Å². The molecule has 226 valence electrons. The highest BCUT2D eigenvalue weighted by Gasteiger charge is 2.34. The normalized spacial score (nSPS) is 16.7. The fraction of sp³-hybridized carbons (Fsp3) is 0.269. The molecule has 2 amide bonds. The molecule has 4 N–H and O–H groups in total. The number of hydrogen-bond acceptors (Lipinski definition) is 8. The number of methoxy groups -OCH3 is 1. The number of pyridine rings is 1. The zero-order chi connectivity index (χ0) is 31.3. The number of aromatic hydroxyl groups is 1. The Morgan fingerprint density at radius 2 is 1.93 bits per heavy atom. The molecule has 0 spiro atoms. The van der Waals surface area contributed by atoms with Crippen LogP contribution in [0.2, 0.25) is 5.02 Å². The number of primary amides is 1. The predicted octanol–water partition coefficient (Wildman–Crippen LogP) is 2.48. The fourth-order valence-corrected chi connectivity index (χ4v) is 4.96. The number of rotatable bonds is 7. The molecule has 0 saturated carbocycles. The van der Waals surface area contributed by atoms with Gasteiger partial charge in [0.05, 0.1) is 29.5 Å². The van der Waals surface area contributed by atoms with E-state index < -0.39 is 75.7 Å². The Morgan fingerprint density at radius 1 is 1.21 bits per heavy atom. The van der Waals surface area contributed by atoms with Crippen molar-refractivity contribution in [3.63, 3.8) is 0 Å². The molecule has 4 aromatic rings. The minimum atomic E-state index is -1.77. The molecule has 0 bridgehead atoms. The SMILES string of the molecule is CO[C@H]1CN(c2cc(NC(=O)Cn3cc(-c4cc(C(N)=O)c(O)c(F)c4F)c4c(=O)n(C)cnc43)c(Cl)c(F)n2)C[C@H]1F. The van der Waals surface area contributed by atoms with E-state index in [1.807, 2.05) is 0 Å². The van der Waals surface area contributed by atoms with Crippen LogP contribution >= 0.6 is 11.6 Å². The van der Waals surface area contributed by atoms with Gasteiger partial charge in [0.2, 0.25) is 17.7 Å². The number of carbonyl (C=O) groups excluding carboxylic acids is 2. The van der Waals surface area contributed by atoms with Gasteiger partial charge in [-0.2, -0.15) is 8.78 Å². The number of alkyl halides is 1. The molecule has 43 heavy (non-hydrogen) atoms. The quantitative estimate of drug-likeness (QED) is 0.209. The molecule has 0 aliphatic carbocycles. The number of amides is 2. The number of nitrogens with two attached hydrogens (primary N) is 1. The molecule has 3 aromatic heterocycles. The molecular formula is C26H22ClF4N7O5. The van der Waals surface area contributed by atoms with Crippen molar-refractivity contribution in [1.82, 2.24) is 19.1 Å². The van der Waals surface area contributed by atoms with Gasteiger partial charge < -0.3 is 34.9 Å². The van der Waals surface area contributed by atoms with Crippen LogP contribution in [0.3, 0.4) is 0 Å². The van der Waals surface area contributed by atoms with Crippen LogP contribution in [0.15, 0.2) is 29.5 Å². The van der Waals surface area contributed by atoms with Crippen molar-refractivity contribution in [2.75, 3.05) is 30.4 Å². The lowest BCUT2D eigenvalue weighted by Crippen LogP contribution is -2.24. The second kappa shape index (κ2) is 11.2. The number of aryl methyl sites for hydroxylation is 1. The maximum Gasteiger partial charge on any atom is 0.263 e. The predicted molar refractivity (Wildman–Crippen MR) is 146 cm³/mol. The summed E-state index contributed by atoms with van der Waals surface area (Å²) < 4.78 is 65.6. The standard InChI is InChI=1S/C26H22ClF4N7O5/c1-36-9-33-25-18(26(36)42)12(10-3-11(24(32)41)22(40)21(30)20(10)29)5-38(25)8-17(39)34-14-4-16(35-23(31)19(14)27)37-6-13(28)15(7-37)43-2/h3-5,9,13,15,40H,6-8H2,1-2H3,(H2,32,41)(H,34,35,39)/t13-,15+/m1/s1. The van der Waals surface area contributed by atoms with Crippen LogP contribution in [0.5, 0.6) is 5.75 Å². The summed E-state index contributed by atoms with van der Waals surface area (Å²) in [5, 5.41) is 11.5. The van der Waals surface area contributed by atoms with Gasteiger partial charge in [0.1, 0.15) is 35.3 Å². The Bertz CT molecular complexity index is 1860. The first kappa shape index (κ1) is 29.8. The van der Waals surface area contributed by atoms with Gasteiger partial charge in [0.25, 0.3) is 11.5 Å². The van der Waals surface area contributed by atoms with E-state index in [9.17, 15) is 32.7 Å². The van der Waals surface area contributed by atoms with Gasteiger partial charge in [0, 0.05) is 44.1 Å². The monoisotopic (exact) mass is 623 g/mol. The lowest BCUT2D eigenvalue weighted by atomic mass is 10.0. The average molecular weight is 624 g/mol. The number of nitrogens with one attached hydrogen (secondary N) is 1. The van der Waals surface area contributed by atoms with E-state index in [-0.39, 0.29) is 41.2 Å². The van der Waals surface area contributed by atoms with Crippen LogP contribution in [0, 0.1) is 17.6 Å². The highest BCUT2D eigenvalue weighted by atomic mass is 35.5. The highest BCUT2D eigenvalue weighted by Crippen LogP contribution is 2.36. The maximum absolute atomic E-state index is 15.0. The van der Waals surface area contributed by atoms with Gasteiger partial charge >= 0.3 is 0 Å². The molecule has 1 aliphatic rings. The number of hydrogen-bond donors (Lipinski definition) is 3. The van der Waals surface area contributed by atoms with Crippen LogP contribution in [0.25, 0.3) is 22.2 Å². The van der Waals surface area contributed by atoms with E-state index in [0.717, 1.165) is 27.7 Å². The molecule has 17 heteroatoms. The number of phenols is 1. The number of halogens is 5. The largest absolute Gasteiger partial charge is 0.504 e. The molecule has 4 heterocycles. The van der Waals surface area contributed by atoms with Gasteiger partial charge in [-0.05, 0) is 6.07 Å². The third kappa shape index (κ3) is 5.23.